The summed E-state index contributed by atoms with van der Waals surface area (Å²) >= 11 is 17.0. The monoisotopic (exact) mass is 622 g/mol. The maximum atomic E-state index is 9.65. The zero-order chi connectivity index (χ0) is 28.4. The summed E-state index contributed by atoms with van der Waals surface area (Å²) in [5.74, 6) is 0. The predicted molar refractivity (Wildman–Crippen MR) is 156 cm³/mol. The van der Waals surface area contributed by atoms with Crippen LogP contribution in [-0.4, -0.2) is 127 Å². The van der Waals surface area contributed by atoms with Crippen LogP contribution in [-0.2, 0) is 27.8 Å². The summed E-state index contributed by atoms with van der Waals surface area (Å²) in [6, 6.07) is -1.24. The van der Waals surface area contributed by atoms with Crippen molar-refractivity contribution in [1.29, 1.82) is 0 Å². The highest BCUT2D eigenvalue weighted by molar-refractivity contribution is 7.64. The molecule has 10 nitrogen and oxygen atoms in total. The molecule has 5 N–H and O–H groups in total. The first kappa shape index (κ1) is 49.9. The zero-order valence-corrected chi connectivity index (χ0v) is 27.5. The highest BCUT2D eigenvalue weighted by atomic mass is 35.8. The summed E-state index contributed by atoms with van der Waals surface area (Å²) in [7, 11) is 5.31. The molecule has 36 heavy (non-hydrogen) atoms. The Bertz CT molecular complexity index is 354. The van der Waals surface area contributed by atoms with E-state index in [0.717, 1.165) is 33.6 Å². The van der Waals surface area contributed by atoms with Crippen molar-refractivity contribution in [2.75, 3.05) is 88.8 Å². The molecule has 16 heteroatoms. The third-order valence-corrected chi connectivity index (χ3v) is 8.47. The van der Waals surface area contributed by atoms with Gasteiger partial charge in [0, 0.05) is 70.3 Å². The molecule has 0 saturated carbocycles. The lowest BCUT2D eigenvalue weighted by molar-refractivity contribution is 0.0680. The molecule has 0 aromatic heterocycles. The number of rotatable bonds is 18. The molecule has 0 heterocycles. The smallest absolute Gasteiger partial charge is 0.400 e. The molecule has 0 bridgehead atoms. The van der Waals surface area contributed by atoms with Crippen LogP contribution in [0.15, 0.2) is 0 Å². The van der Waals surface area contributed by atoms with Gasteiger partial charge in [-0.3, -0.25) is 0 Å². The SMILES string of the molecule is CCCCN.CO.CO.COCCOCCC[Si](Cl)(Cl)Cl.COCCOCCC[Si](O)(OC)OC.[B]. The number of halogens is 3. The molecule has 0 saturated heterocycles. The lowest BCUT2D eigenvalue weighted by Gasteiger charge is -2.19. The van der Waals surface area contributed by atoms with Gasteiger partial charge in [-0.2, -0.15) is 0 Å². The fourth-order valence-corrected chi connectivity index (χ4v) is 4.67. The van der Waals surface area contributed by atoms with Crippen LogP contribution < -0.4 is 5.73 Å². The van der Waals surface area contributed by atoms with E-state index in [-0.39, 0.29) is 8.41 Å². The predicted octanol–water partition coefficient (Wildman–Crippen LogP) is 2.54. The van der Waals surface area contributed by atoms with E-state index < -0.39 is 14.8 Å². The van der Waals surface area contributed by atoms with Gasteiger partial charge in [-0.05, 0) is 31.9 Å². The van der Waals surface area contributed by atoms with Crippen LogP contribution in [0.1, 0.15) is 32.6 Å². The number of hydrogen-bond donors (Lipinski definition) is 4. The normalized spacial score (nSPS) is 10.2. The van der Waals surface area contributed by atoms with Gasteiger partial charge in [0.25, 0.3) is 0 Å². The number of nitrogens with two attached hydrogens (primary N) is 1. The van der Waals surface area contributed by atoms with Crippen LogP contribution in [0.5, 0.6) is 0 Å². The second kappa shape index (κ2) is 43.0. The van der Waals surface area contributed by atoms with E-state index in [0.29, 0.717) is 51.7 Å². The third kappa shape index (κ3) is 55.5. The second-order valence-corrected chi connectivity index (χ2v) is 18.3. The molecule has 0 aromatic rings. The maximum absolute atomic E-state index is 9.65. The van der Waals surface area contributed by atoms with E-state index in [1.807, 2.05) is 0 Å². The Labute approximate surface area is 238 Å². The molecule has 0 aliphatic heterocycles. The molecular formula is C20H52BCl3NO9Si2. The van der Waals surface area contributed by atoms with Gasteiger partial charge in [0.05, 0.1) is 26.4 Å². The van der Waals surface area contributed by atoms with Crippen molar-refractivity contribution in [1.82, 2.24) is 0 Å². The molecule has 0 aromatic carbocycles. The van der Waals surface area contributed by atoms with Gasteiger partial charge in [0.2, 0.25) is 0 Å². The van der Waals surface area contributed by atoms with Crippen molar-refractivity contribution in [3.05, 3.63) is 0 Å². The molecule has 0 atom stereocenters. The van der Waals surface area contributed by atoms with Crippen molar-refractivity contribution in [3.8, 4) is 0 Å². The van der Waals surface area contributed by atoms with Gasteiger partial charge in [-0.1, -0.05) is 13.3 Å². The standard InChI is InChI=1S/C8H20O5Si.C6H13Cl3O2Si.C4H11N.2CH4O.B/c1-10-6-7-13-5-4-8-14(9,11-2)12-3;1-10-4-5-11-3-2-6-12(7,8)9;1-2-3-4-5;2*1-2;/h9H,4-8H2,1-3H3;2-6H2,1H3;2-5H2,1H3;2*2H,1H3;. The van der Waals surface area contributed by atoms with Crippen molar-refractivity contribution >= 4 is 56.5 Å². The quantitative estimate of drug-likeness (QED) is 0.102. The van der Waals surface area contributed by atoms with Gasteiger partial charge in [0.15, 0.2) is 0 Å². The lowest BCUT2D eigenvalue weighted by Crippen LogP contribution is -2.40. The third-order valence-electron chi connectivity index (χ3n) is 3.59. The molecular weight excluding hydrogens is 572 g/mol. The lowest BCUT2D eigenvalue weighted by atomic mass is 10.3. The summed E-state index contributed by atoms with van der Waals surface area (Å²) in [6.45, 7) is 6.61. The van der Waals surface area contributed by atoms with Crippen LogP contribution in [0.3, 0.4) is 0 Å². The van der Waals surface area contributed by atoms with E-state index >= 15 is 0 Å². The molecule has 0 fully saturated rings. The molecule has 0 spiro atoms. The van der Waals surface area contributed by atoms with Crippen molar-refractivity contribution in [3.63, 3.8) is 0 Å². The van der Waals surface area contributed by atoms with E-state index in [4.69, 9.17) is 77.0 Å². The fourth-order valence-electron chi connectivity index (χ4n) is 1.75. The van der Waals surface area contributed by atoms with E-state index in [2.05, 4.69) is 6.92 Å². The Balaban J connectivity index is -0.0000000928. The van der Waals surface area contributed by atoms with Gasteiger partial charge in [-0.15, -0.1) is 33.2 Å². The number of ether oxygens (including phenoxy) is 4. The molecule has 0 rings (SSSR count). The van der Waals surface area contributed by atoms with Crippen LogP contribution in [0.2, 0.25) is 12.1 Å². The van der Waals surface area contributed by atoms with E-state index in [1.54, 1.807) is 14.2 Å². The minimum atomic E-state index is -2.88. The van der Waals surface area contributed by atoms with Crippen molar-refractivity contribution in [2.24, 2.45) is 5.73 Å². The molecule has 0 unspecified atom stereocenters. The first-order chi connectivity index (χ1) is 16.7. The highest BCUT2D eigenvalue weighted by Crippen LogP contribution is 2.26. The zero-order valence-electron chi connectivity index (χ0n) is 23.3. The van der Waals surface area contributed by atoms with Gasteiger partial charge in [0.1, 0.15) is 0 Å². The minimum absolute atomic E-state index is 0. The Morgan fingerprint density at radius 3 is 1.31 bits per heavy atom. The van der Waals surface area contributed by atoms with Crippen LogP contribution in [0, 0.1) is 0 Å². The Kier molecular flexibility index (Phi) is 59.6. The molecule has 223 valence electrons. The minimum Gasteiger partial charge on any atom is -0.400 e. The fraction of sp³-hybridized carbons (Fsp3) is 1.00. The summed E-state index contributed by atoms with van der Waals surface area (Å²) in [5.41, 5.74) is 5.14. The number of aliphatic hydroxyl groups is 2. The Morgan fingerprint density at radius 1 is 0.667 bits per heavy atom. The maximum Gasteiger partial charge on any atom is 0.497 e. The summed E-state index contributed by atoms with van der Waals surface area (Å²) in [4.78, 5) is 9.65. The van der Waals surface area contributed by atoms with Crippen molar-refractivity contribution < 1.29 is 42.8 Å². The van der Waals surface area contributed by atoms with Crippen molar-refractivity contribution in [2.45, 2.75) is 44.7 Å². The molecule has 0 amide bonds. The summed E-state index contributed by atoms with van der Waals surface area (Å²) in [5, 5.41) is 14.0. The number of hydrogen-bond acceptors (Lipinski definition) is 10. The highest BCUT2D eigenvalue weighted by Gasteiger charge is 2.33. The van der Waals surface area contributed by atoms with Gasteiger partial charge < -0.3 is 48.5 Å². The van der Waals surface area contributed by atoms with E-state index in [9.17, 15) is 4.80 Å². The summed E-state index contributed by atoms with van der Waals surface area (Å²) < 4.78 is 29.8. The average Bonchev–Trinajstić information content (AvgIpc) is 2.86. The summed E-state index contributed by atoms with van der Waals surface area (Å²) in [6.07, 6.45) is 3.93. The number of methoxy groups -OCH3 is 2. The Hall–Kier alpha value is 0.969. The van der Waals surface area contributed by atoms with E-state index in [1.165, 1.54) is 27.1 Å². The topological polar surface area (TPSA) is 142 Å². The number of aliphatic hydroxyl groups excluding tert-OH is 2. The number of unbranched alkanes of at least 4 members (excludes halogenated alkanes) is 1. The average molecular weight is 624 g/mol. The van der Waals surface area contributed by atoms with Gasteiger partial charge in [-0.25, -0.2) is 0 Å². The van der Waals surface area contributed by atoms with Crippen LogP contribution in [0.25, 0.3) is 0 Å². The molecule has 0 aliphatic rings. The van der Waals surface area contributed by atoms with Crippen LogP contribution >= 0.6 is 33.2 Å². The molecule has 0 aliphatic carbocycles. The first-order valence-corrected chi connectivity index (χ1v) is 18.5. The Morgan fingerprint density at radius 2 is 1.06 bits per heavy atom. The van der Waals surface area contributed by atoms with Gasteiger partial charge >= 0.3 is 14.8 Å². The second-order valence-electron chi connectivity index (χ2n) is 6.30. The largest absolute Gasteiger partial charge is 0.497 e. The molecule has 3 radical (unpaired) electrons. The first-order valence-electron chi connectivity index (χ1n) is 11.3. The van der Waals surface area contributed by atoms with Crippen LogP contribution in [0.4, 0.5) is 0 Å².